The number of nitrogens with one attached hydrogen (secondary N) is 2. The van der Waals surface area contributed by atoms with Crippen LogP contribution in [0.1, 0.15) is 28.9 Å². The summed E-state index contributed by atoms with van der Waals surface area (Å²) in [6, 6.07) is 12.3. The van der Waals surface area contributed by atoms with E-state index in [9.17, 15) is 23.2 Å². The summed E-state index contributed by atoms with van der Waals surface area (Å²) in [7, 11) is 0. The molecule has 0 heterocycles. The molecule has 2 N–H and O–H groups in total. The van der Waals surface area contributed by atoms with E-state index in [2.05, 4.69) is 15.4 Å². The van der Waals surface area contributed by atoms with E-state index in [1.807, 2.05) is 0 Å². The summed E-state index contributed by atoms with van der Waals surface area (Å²) in [6.07, 6.45) is -1.42. The normalized spacial score (nSPS) is 11.4. The smallest absolute Gasteiger partial charge is 0.387 e. The van der Waals surface area contributed by atoms with Gasteiger partial charge in [0.1, 0.15) is 5.75 Å². The molecule has 0 aliphatic carbocycles. The van der Waals surface area contributed by atoms with E-state index in [1.54, 1.807) is 37.3 Å². The molecule has 0 spiro atoms. The van der Waals surface area contributed by atoms with Gasteiger partial charge in [-0.05, 0) is 25.1 Å². The van der Waals surface area contributed by atoms with Gasteiger partial charge in [-0.1, -0.05) is 36.4 Å². The molecule has 0 aliphatic rings. The second-order valence-corrected chi connectivity index (χ2v) is 5.45. The van der Waals surface area contributed by atoms with Crippen LogP contribution in [0, 0.1) is 0 Å². The van der Waals surface area contributed by atoms with Gasteiger partial charge in [0.25, 0.3) is 5.91 Å². The van der Waals surface area contributed by atoms with Gasteiger partial charge in [-0.15, -0.1) is 0 Å². The Kier molecular flexibility index (Phi) is 7.44. The fourth-order valence-electron chi connectivity index (χ4n) is 2.26. The number of alkyl halides is 2. The van der Waals surface area contributed by atoms with Crippen LogP contribution in [-0.4, -0.2) is 31.1 Å². The molecule has 2 rings (SSSR count). The van der Waals surface area contributed by atoms with Crippen molar-refractivity contribution in [1.29, 1.82) is 0 Å². The molecule has 0 aromatic heterocycles. The molecule has 2 aromatic carbocycles. The third-order valence-corrected chi connectivity index (χ3v) is 3.43. The molecule has 0 unspecified atom stereocenters. The Bertz CT molecular complexity index is 830. The highest BCUT2D eigenvalue weighted by Crippen LogP contribution is 2.22. The summed E-state index contributed by atoms with van der Waals surface area (Å²) in [5.74, 6) is -2.03. The van der Waals surface area contributed by atoms with Gasteiger partial charge in [0.15, 0.2) is 0 Å². The van der Waals surface area contributed by atoms with Gasteiger partial charge >= 0.3 is 18.6 Å². The fourth-order valence-corrected chi connectivity index (χ4v) is 2.26. The van der Waals surface area contributed by atoms with Gasteiger partial charge in [-0.3, -0.25) is 10.1 Å². The molecule has 148 valence electrons. The zero-order valence-corrected chi connectivity index (χ0v) is 14.9. The maximum Gasteiger partial charge on any atom is 0.387 e. The first-order valence-electron chi connectivity index (χ1n) is 8.30. The molecule has 0 radical (unpaired) electrons. The Morgan fingerprint density at radius 3 is 2.39 bits per heavy atom. The average Bonchev–Trinajstić information content (AvgIpc) is 2.66. The molecule has 9 heteroatoms. The van der Waals surface area contributed by atoms with E-state index in [4.69, 9.17) is 4.74 Å². The number of hydrogen-bond donors (Lipinski definition) is 2. The number of hydrogen-bond acceptors (Lipinski definition) is 5. The number of carbonyl (C=O) groups is 3. The molecular formula is C19H18F2N2O5. The predicted octanol–water partition coefficient (Wildman–Crippen LogP) is 3.03. The summed E-state index contributed by atoms with van der Waals surface area (Å²) in [5, 5.41) is 4.48. The number of halogens is 2. The molecule has 0 fully saturated rings. The van der Waals surface area contributed by atoms with Gasteiger partial charge in [0, 0.05) is 12.1 Å². The van der Waals surface area contributed by atoms with Gasteiger partial charge < -0.3 is 14.8 Å². The van der Waals surface area contributed by atoms with Crippen molar-refractivity contribution in [3.8, 4) is 5.75 Å². The molecule has 0 bridgehead atoms. The number of carbonyl (C=O) groups excluding carboxylic acids is 3. The number of ether oxygens (including phenoxy) is 2. The monoisotopic (exact) mass is 392 g/mol. The highest BCUT2D eigenvalue weighted by Gasteiger charge is 2.27. The molecule has 3 amide bonds. The Balaban J connectivity index is 2.21. The summed E-state index contributed by atoms with van der Waals surface area (Å²) < 4.78 is 34.2. The van der Waals surface area contributed by atoms with E-state index in [0.29, 0.717) is 12.1 Å². The zero-order valence-electron chi connectivity index (χ0n) is 14.9. The molecular weight excluding hydrogens is 374 g/mol. The number of esters is 1. The van der Waals surface area contributed by atoms with Crippen LogP contribution >= 0.6 is 0 Å². The average molecular weight is 392 g/mol. The lowest BCUT2D eigenvalue weighted by Crippen LogP contribution is -2.42. The van der Waals surface area contributed by atoms with Gasteiger partial charge in [0.05, 0.1) is 5.56 Å². The molecule has 0 aliphatic heterocycles. The molecule has 2 aromatic rings. The molecule has 28 heavy (non-hydrogen) atoms. The van der Waals surface area contributed by atoms with E-state index >= 15 is 0 Å². The van der Waals surface area contributed by atoms with Crippen molar-refractivity contribution >= 4 is 17.9 Å². The second-order valence-electron chi connectivity index (χ2n) is 5.45. The number of amides is 3. The van der Waals surface area contributed by atoms with Gasteiger partial charge in [-0.25, -0.2) is 9.59 Å². The van der Waals surface area contributed by atoms with Crippen molar-refractivity contribution in [2.24, 2.45) is 0 Å². The first-order valence-corrected chi connectivity index (χ1v) is 8.30. The lowest BCUT2D eigenvalue weighted by Gasteiger charge is -2.18. The van der Waals surface area contributed by atoms with Crippen LogP contribution in [0.15, 0.2) is 54.6 Å². The van der Waals surface area contributed by atoms with Crippen LogP contribution in [0.2, 0.25) is 0 Å². The fraction of sp³-hybridized carbons (Fsp3) is 0.211. The lowest BCUT2D eigenvalue weighted by molar-refractivity contribution is -0.129. The molecule has 7 nitrogen and oxygen atoms in total. The minimum Gasteiger partial charge on any atom is -0.444 e. The summed E-state index contributed by atoms with van der Waals surface area (Å²) in [4.78, 5) is 36.5. The van der Waals surface area contributed by atoms with Crippen LogP contribution in [0.3, 0.4) is 0 Å². The van der Waals surface area contributed by atoms with Gasteiger partial charge in [-0.2, -0.15) is 8.78 Å². The van der Waals surface area contributed by atoms with Crippen molar-refractivity contribution in [2.45, 2.75) is 19.6 Å². The van der Waals surface area contributed by atoms with Gasteiger partial charge in [0.2, 0.25) is 6.10 Å². The first kappa shape index (κ1) is 20.8. The second kappa shape index (κ2) is 10.0. The van der Waals surface area contributed by atoms with E-state index in [0.717, 1.165) is 6.07 Å². The molecule has 0 saturated carbocycles. The van der Waals surface area contributed by atoms with Crippen molar-refractivity contribution < 1.29 is 32.6 Å². The van der Waals surface area contributed by atoms with Crippen LogP contribution in [0.25, 0.3) is 0 Å². The Labute approximate surface area is 159 Å². The summed E-state index contributed by atoms with van der Waals surface area (Å²) in [5.41, 5.74) is 0.238. The third kappa shape index (κ3) is 6.04. The standard InChI is InChI=1S/C19H18F2N2O5/c1-2-22-19(26)23-16(24)15(12-7-4-3-5-8-12)28-17(25)13-9-6-10-14(11-13)27-18(20)21/h3-11,15,18H,2H2,1H3,(H2,22,23,24,26)/t15-/m1/s1. The Hall–Kier alpha value is -3.49. The number of benzene rings is 2. The summed E-state index contributed by atoms with van der Waals surface area (Å²) in [6.45, 7) is -1.08. The quantitative estimate of drug-likeness (QED) is 0.707. The lowest BCUT2D eigenvalue weighted by atomic mass is 10.1. The first-order chi connectivity index (χ1) is 13.4. The van der Waals surface area contributed by atoms with Crippen LogP contribution in [-0.2, 0) is 9.53 Å². The van der Waals surface area contributed by atoms with Crippen LogP contribution in [0.5, 0.6) is 5.75 Å². The largest absolute Gasteiger partial charge is 0.444 e. The number of urea groups is 1. The van der Waals surface area contributed by atoms with Crippen molar-refractivity contribution in [3.05, 3.63) is 65.7 Å². The topological polar surface area (TPSA) is 93.7 Å². The highest BCUT2D eigenvalue weighted by atomic mass is 19.3. The van der Waals surface area contributed by atoms with Crippen molar-refractivity contribution in [2.75, 3.05) is 6.54 Å². The Morgan fingerprint density at radius 1 is 1.04 bits per heavy atom. The maximum atomic E-state index is 12.4. The molecule has 0 saturated heterocycles. The van der Waals surface area contributed by atoms with Crippen molar-refractivity contribution in [1.82, 2.24) is 10.6 Å². The Morgan fingerprint density at radius 2 is 1.75 bits per heavy atom. The molecule has 1 atom stereocenters. The predicted molar refractivity (Wildman–Crippen MR) is 94.9 cm³/mol. The minimum absolute atomic E-state index is 0.0927. The highest BCUT2D eigenvalue weighted by molar-refractivity contribution is 5.99. The summed E-state index contributed by atoms with van der Waals surface area (Å²) >= 11 is 0. The zero-order chi connectivity index (χ0) is 20.5. The minimum atomic E-state index is -3.05. The third-order valence-electron chi connectivity index (χ3n) is 3.43. The van der Waals surface area contributed by atoms with Crippen molar-refractivity contribution in [3.63, 3.8) is 0 Å². The number of rotatable bonds is 7. The van der Waals surface area contributed by atoms with Crippen LogP contribution < -0.4 is 15.4 Å². The van der Waals surface area contributed by atoms with E-state index in [-0.39, 0.29) is 11.3 Å². The maximum absolute atomic E-state index is 12.4. The van der Waals surface area contributed by atoms with E-state index < -0.39 is 30.6 Å². The van der Waals surface area contributed by atoms with Crippen LogP contribution in [0.4, 0.5) is 13.6 Å². The van der Waals surface area contributed by atoms with E-state index in [1.165, 1.54) is 18.2 Å². The number of imide groups is 1. The SMILES string of the molecule is CCNC(=O)NC(=O)[C@H](OC(=O)c1cccc(OC(F)F)c1)c1ccccc1.